The summed E-state index contributed by atoms with van der Waals surface area (Å²) in [6.45, 7) is 10.1. The molecule has 4 aliphatic heterocycles. The van der Waals surface area contributed by atoms with E-state index in [1.54, 1.807) is 4.90 Å². The summed E-state index contributed by atoms with van der Waals surface area (Å²) in [5.74, 6) is 0.510. The number of hydrogen-bond acceptors (Lipinski definition) is 5. The van der Waals surface area contributed by atoms with E-state index >= 15 is 0 Å². The van der Waals surface area contributed by atoms with Crippen molar-refractivity contribution in [3.63, 3.8) is 0 Å². The van der Waals surface area contributed by atoms with Gasteiger partial charge in [-0.1, -0.05) is 18.2 Å². The number of anilines is 2. The number of carbonyl (C=O) groups is 2. The molecule has 0 saturated carbocycles. The van der Waals surface area contributed by atoms with Crippen molar-refractivity contribution >= 4 is 23.4 Å². The lowest BCUT2D eigenvalue weighted by atomic mass is 9.86. The summed E-state index contributed by atoms with van der Waals surface area (Å²) in [5, 5.41) is 0. The molecule has 4 aliphatic rings. The predicted molar refractivity (Wildman–Crippen MR) is 138 cm³/mol. The maximum atomic E-state index is 13.1. The number of ether oxygens (including phenoxy) is 1. The van der Waals surface area contributed by atoms with Crippen LogP contribution in [0.3, 0.4) is 0 Å². The lowest BCUT2D eigenvalue weighted by molar-refractivity contribution is -0.0313. The first-order valence-electron chi connectivity index (χ1n) is 12.9. The molecule has 0 aliphatic carbocycles. The molecule has 6 rings (SSSR count). The van der Waals surface area contributed by atoms with E-state index in [-0.39, 0.29) is 24.1 Å². The Kier molecular flexibility index (Phi) is 6.95. The average molecular weight is 477 g/mol. The number of para-hydroxylation sites is 1. The predicted octanol–water partition coefficient (Wildman–Crippen LogP) is 4.09. The van der Waals surface area contributed by atoms with E-state index in [0.717, 1.165) is 51.3 Å². The molecule has 4 fully saturated rings. The van der Waals surface area contributed by atoms with Crippen molar-refractivity contribution in [2.75, 3.05) is 55.6 Å². The molecule has 4 saturated heterocycles. The minimum absolute atomic E-state index is 0.0262. The van der Waals surface area contributed by atoms with Crippen molar-refractivity contribution < 1.29 is 14.3 Å². The number of nitrogens with zero attached hydrogens (tertiary/aromatic N) is 4. The molecule has 7 heteroatoms. The Labute approximate surface area is 208 Å². The van der Waals surface area contributed by atoms with E-state index in [2.05, 4.69) is 21.9 Å². The molecule has 7 nitrogen and oxygen atoms in total. The van der Waals surface area contributed by atoms with Gasteiger partial charge in [-0.3, -0.25) is 14.6 Å². The van der Waals surface area contributed by atoms with Gasteiger partial charge in [-0.05, 0) is 82.1 Å². The molecule has 2 aromatic rings. The van der Waals surface area contributed by atoms with Crippen LogP contribution < -0.4 is 9.80 Å². The van der Waals surface area contributed by atoms with E-state index in [0.29, 0.717) is 24.6 Å². The molecule has 0 aromatic heterocycles. The van der Waals surface area contributed by atoms with Crippen LogP contribution in [0.5, 0.6) is 0 Å². The Bertz CT molecular complexity index is 1010. The second kappa shape index (κ2) is 10.3. The third-order valence-electron chi connectivity index (χ3n) is 7.64. The second-order valence-electron chi connectivity index (χ2n) is 10.2. The van der Waals surface area contributed by atoms with E-state index in [1.807, 2.05) is 61.2 Å². The standard InChI is InChI=1S/C28H36N4O3/c1-21(2)32(28(34)35-26-20-29-14-12-22(26)13-15-29)25-10-8-23(9-11-25)27(33)31-18-16-30(17-19-31)24-6-4-3-5-7-24/h3-11,21-22,26H,12-20H2,1-2H3. The Morgan fingerprint density at radius 1 is 0.886 bits per heavy atom. The van der Waals surface area contributed by atoms with Crippen molar-refractivity contribution in [3.8, 4) is 0 Å². The van der Waals surface area contributed by atoms with Gasteiger partial charge in [0.15, 0.2) is 0 Å². The number of benzene rings is 2. The van der Waals surface area contributed by atoms with Crippen LogP contribution >= 0.6 is 0 Å². The number of hydrogen-bond donors (Lipinski definition) is 0. The van der Waals surface area contributed by atoms with E-state index in [1.165, 1.54) is 5.69 Å². The van der Waals surface area contributed by atoms with Gasteiger partial charge in [0.25, 0.3) is 5.91 Å². The normalized spacial score (nSPS) is 23.9. The molecule has 4 heterocycles. The number of rotatable bonds is 5. The first kappa shape index (κ1) is 23.7. The summed E-state index contributed by atoms with van der Waals surface area (Å²) < 4.78 is 5.99. The van der Waals surface area contributed by atoms with Crippen LogP contribution in [0.15, 0.2) is 54.6 Å². The lowest BCUT2D eigenvalue weighted by Crippen LogP contribution is -2.53. The van der Waals surface area contributed by atoms with Crippen molar-refractivity contribution in [1.82, 2.24) is 9.80 Å². The first-order chi connectivity index (χ1) is 17.0. The van der Waals surface area contributed by atoms with Crippen molar-refractivity contribution in [2.45, 2.75) is 38.8 Å². The summed E-state index contributed by atoms with van der Waals surface area (Å²) in [6, 6.07) is 17.7. The number of carbonyl (C=O) groups excluding carboxylic acids is 2. The fourth-order valence-electron chi connectivity index (χ4n) is 5.60. The highest BCUT2D eigenvalue weighted by atomic mass is 16.6. The van der Waals surface area contributed by atoms with Gasteiger partial charge in [0.05, 0.1) is 0 Å². The number of amides is 2. The fraction of sp³-hybridized carbons (Fsp3) is 0.500. The molecule has 0 spiro atoms. The Balaban J connectivity index is 1.20. The molecule has 2 aromatic carbocycles. The summed E-state index contributed by atoms with van der Waals surface area (Å²) in [7, 11) is 0. The second-order valence-corrected chi connectivity index (χ2v) is 10.2. The van der Waals surface area contributed by atoms with E-state index in [4.69, 9.17) is 4.74 Å². The Hall–Kier alpha value is -3.06. The van der Waals surface area contributed by atoms with E-state index < -0.39 is 0 Å². The average Bonchev–Trinajstić information content (AvgIpc) is 2.90. The van der Waals surface area contributed by atoms with Crippen LogP contribution in [0.2, 0.25) is 0 Å². The fourth-order valence-corrected chi connectivity index (χ4v) is 5.60. The van der Waals surface area contributed by atoms with Gasteiger partial charge >= 0.3 is 6.09 Å². The third-order valence-corrected chi connectivity index (χ3v) is 7.64. The van der Waals surface area contributed by atoms with Gasteiger partial charge in [0.1, 0.15) is 6.10 Å². The zero-order chi connectivity index (χ0) is 24.4. The Morgan fingerprint density at radius 2 is 1.54 bits per heavy atom. The molecule has 2 bridgehead atoms. The number of piperazine rings is 1. The molecule has 1 unspecified atom stereocenters. The third kappa shape index (κ3) is 5.15. The summed E-state index contributed by atoms with van der Waals surface area (Å²) in [5.41, 5.74) is 2.61. The van der Waals surface area contributed by atoms with Crippen molar-refractivity contribution in [3.05, 3.63) is 60.2 Å². The van der Waals surface area contributed by atoms with Gasteiger partial charge in [0, 0.05) is 55.7 Å². The summed E-state index contributed by atoms with van der Waals surface area (Å²) >= 11 is 0. The highest BCUT2D eigenvalue weighted by Crippen LogP contribution is 2.31. The quantitative estimate of drug-likeness (QED) is 0.651. The largest absolute Gasteiger partial charge is 0.444 e. The molecule has 1 atom stereocenters. The van der Waals surface area contributed by atoms with Crippen LogP contribution in [0.25, 0.3) is 0 Å². The summed E-state index contributed by atoms with van der Waals surface area (Å²) in [4.78, 5) is 34.6. The molecular formula is C28H36N4O3. The van der Waals surface area contributed by atoms with Crippen LogP contribution in [-0.2, 0) is 4.74 Å². The van der Waals surface area contributed by atoms with Crippen molar-refractivity contribution in [1.29, 1.82) is 0 Å². The monoisotopic (exact) mass is 476 g/mol. The SMILES string of the molecule is CC(C)N(C(=O)OC1CN2CCC1CC2)c1ccc(C(=O)N2CCN(c3ccccc3)CC2)cc1. The molecule has 0 radical (unpaired) electrons. The molecule has 35 heavy (non-hydrogen) atoms. The van der Waals surface area contributed by atoms with Gasteiger partial charge in [-0.25, -0.2) is 4.79 Å². The van der Waals surface area contributed by atoms with Crippen LogP contribution in [-0.4, -0.2) is 79.8 Å². The first-order valence-corrected chi connectivity index (χ1v) is 12.9. The molecular weight excluding hydrogens is 440 g/mol. The number of fused-ring (bicyclic) bond motifs is 3. The van der Waals surface area contributed by atoms with Crippen LogP contribution in [0.4, 0.5) is 16.2 Å². The van der Waals surface area contributed by atoms with Gasteiger partial charge in [0.2, 0.25) is 0 Å². The highest BCUT2D eigenvalue weighted by Gasteiger charge is 2.37. The number of piperidine rings is 3. The van der Waals surface area contributed by atoms with Gasteiger partial charge in [-0.15, -0.1) is 0 Å². The summed E-state index contributed by atoms with van der Waals surface area (Å²) in [6.07, 6.45) is 1.89. The Morgan fingerprint density at radius 3 is 2.11 bits per heavy atom. The zero-order valence-corrected chi connectivity index (χ0v) is 20.8. The van der Waals surface area contributed by atoms with Crippen molar-refractivity contribution in [2.24, 2.45) is 5.92 Å². The maximum Gasteiger partial charge on any atom is 0.414 e. The minimum Gasteiger partial charge on any atom is -0.444 e. The van der Waals surface area contributed by atoms with Gasteiger partial charge < -0.3 is 14.5 Å². The molecule has 2 amide bonds. The van der Waals surface area contributed by atoms with Crippen LogP contribution in [0.1, 0.15) is 37.0 Å². The van der Waals surface area contributed by atoms with Crippen LogP contribution in [0, 0.1) is 5.92 Å². The van der Waals surface area contributed by atoms with Gasteiger partial charge in [-0.2, -0.15) is 0 Å². The molecule has 186 valence electrons. The highest BCUT2D eigenvalue weighted by molar-refractivity contribution is 5.95. The van der Waals surface area contributed by atoms with E-state index in [9.17, 15) is 9.59 Å². The lowest BCUT2D eigenvalue weighted by Gasteiger charge is -2.44. The zero-order valence-electron chi connectivity index (χ0n) is 20.8. The maximum absolute atomic E-state index is 13.1. The topological polar surface area (TPSA) is 56.3 Å². The smallest absolute Gasteiger partial charge is 0.414 e. The molecule has 0 N–H and O–H groups in total. The minimum atomic E-state index is -0.296.